The van der Waals surface area contributed by atoms with Gasteiger partial charge in [-0.2, -0.15) is 0 Å². The number of hydrogen-bond acceptors (Lipinski definition) is 3. The highest BCUT2D eigenvalue weighted by Crippen LogP contribution is 2.18. The average Bonchev–Trinajstić information content (AvgIpc) is 3.09. The van der Waals surface area contributed by atoms with E-state index in [2.05, 4.69) is 17.4 Å². The van der Waals surface area contributed by atoms with Crippen LogP contribution < -0.4 is 5.32 Å². The van der Waals surface area contributed by atoms with Crippen LogP contribution in [0.5, 0.6) is 0 Å². The number of benzene rings is 2. The second kappa shape index (κ2) is 8.27. The molecule has 2 unspecified atom stereocenters. The molecular weight excluding hydrogens is 306 g/mol. The zero-order valence-corrected chi connectivity index (χ0v) is 14.1. The summed E-state index contributed by atoms with van der Waals surface area (Å²) in [6.07, 6.45) is 3.82. The van der Waals surface area contributed by atoms with Crippen LogP contribution in [0.1, 0.15) is 24.8 Å². The van der Waals surface area contributed by atoms with Crippen molar-refractivity contribution in [3.05, 3.63) is 60.2 Å². The highest BCUT2D eigenvalue weighted by Gasteiger charge is 2.14. The predicted molar refractivity (Wildman–Crippen MR) is 95.1 cm³/mol. The highest BCUT2D eigenvalue weighted by molar-refractivity contribution is 7.84. The smallest absolute Gasteiger partial charge is 0.0592 e. The lowest BCUT2D eigenvalue weighted by Gasteiger charge is -2.12. The van der Waals surface area contributed by atoms with Crippen LogP contribution in [0.15, 0.2) is 59.5 Å². The van der Waals surface area contributed by atoms with Crippen LogP contribution >= 0.6 is 0 Å². The molecule has 0 amide bonds. The largest absolute Gasteiger partial charge is 0.385 e. The van der Waals surface area contributed by atoms with E-state index in [4.69, 9.17) is 4.74 Å². The van der Waals surface area contributed by atoms with Crippen LogP contribution in [-0.4, -0.2) is 23.5 Å². The summed E-state index contributed by atoms with van der Waals surface area (Å²) in [5.74, 6) is 0.547. The predicted octanol–water partition coefficient (Wildman–Crippen LogP) is 3.98. The Morgan fingerprint density at radius 2 is 2.00 bits per heavy atom. The summed E-state index contributed by atoms with van der Waals surface area (Å²) in [6.45, 7) is 1.82. The molecule has 3 nitrogen and oxygen atoms in total. The summed E-state index contributed by atoms with van der Waals surface area (Å²) in [4.78, 5) is 0.879. The maximum Gasteiger partial charge on any atom is 0.0592 e. The second-order valence-corrected chi connectivity index (χ2v) is 7.30. The lowest BCUT2D eigenvalue weighted by molar-refractivity contribution is 0.107. The number of ether oxygens (including phenoxy) is 1. The Labute approximate surface area is 140 Å². The molecule has 3 rings (SSSR count). The summed E-state index contributed by atoms with van der Waals surface area (Å²) in [6, 6.07) is 17.8. The maximum atomic E-state index is 12.4. The van der Waals surface area contributed by atoms with E-state index in [0.717, 1.165) is 35.7 Å². The fraction of sp³-hybridized carbons (Fsp3) is 0.368. The molecule has 1 N–H and O–H groups in total. The third-order valence-electron chi connectivity index (χ3n) is 4.05. The van der Waals surface area contributed by atoms with Gasteiger partial charge in [-0.15, -0.1) is 0 Å². The summed E-state index contributed by atoms with van der Waals surface area (Å²) < 4.78 is 18.0. The van der Waals surface area contributed by atoms with Crippen LogP contribution in [0.2, 0.25) is 0 Å². The Hall–Kier alpha value is -1.65. The van der Waals surface area contributed by atoms with E-state index in [1.54, 1.807) is 0 Å². The van der Waals surface area contributed by atoms with Crippen molar-refractivity contribution in [2.75, 3.05) is 18.5 Å². The molecule has 2 aromatic rings. The first-order valence-corrected chi connectivity index (χ1v) is 9.51. The van der Waals surface area contributed by atoms with E-state index in [0.29, 0.717) is 11.9 Å². The van der Waals surface area contributed by atoms with Gasteiger partial charge < -0.3 is 10.1 Å². The molecule has 1 heterocycles. The Balaban J connectivity index is 1.53. The van der Waals surface area contributed by atoms with Gasteiger partial charge >= 0.3 is 0 Å². The van der Waals surface area contributed by atoms with Gasteiger partial charge in [0, 0.05) is 23.7 Å². The Morgan fingerprint density at radius 3 is 2.78 bits per heavy atom. The van der Waals surface area contributed by atoms with E-state index in [1.165, 1.54) is 12.8 Å². The molecule has 1 aliphatic rings. The van der Waals surface area contributed by atoms with Crippen molar-refractivity contribution in [1.29, 1.82) is 0 Å². The van der Waals surface area contributed by atoms with Crippen molar-refractivity contribution < 1.29 is 8.95 Å². The van der Waals surface area contributed by atoms with E-state index in [9.17, 15) is 4.21 Å². The zero-order chi connectivity index (χ0) is 15.9. The highest BCUT2D eigenvalue weighted by atomic mass is 32.2. The minimum atomic E-state index is -0.998. The Bertz CT molecular complexity index is 639. The van der Waals surface area contributed by atoms with Crippen molar-refractivity contribution in [1.82, 2.24) is 0 Å². The van der Waals surface area contributed by atoms with Crippen LogP contribution in [0.25, 0.3) is 0 Å². The standard InChI is InChI=1S/C19H23NO2S/c21-23(19-9-2-1-3-10-19)15-16-6-4-7-17(14-16)20-12-11-18-8-5-13-22-18/h1-4,6-7,9-10,14,18,20H,5,8,11-13,15H2. The van der Waals surface area contributed by atoms with E-state index < -0.39 is 10.8 Å². The van der Waals surface area contributed by atoms with Gasteiger partial charge in [-0.05, 0) is 49.1 Å². The number of rotatable bonds is 7. The molecule has 0 aromatic heterocycles. The van der Waals surface area contributed by atoms with Gasteiger partial charge in [-0.25, -0.2) is 0 Å². The maximum absolute atomic E-state index is 12.4. The lowest BCUT2D eigenvalue weighted by atomic mass is 10.2. The molecular formula is C19H23NO2S. The number of hydrogen-bond donors (Lipinski definition) is 1. The molecule has 122 valence electrons. The average molecular weight is 329 g/mol. The van der Waals surface area contributed by atoms with Gasteiger partial charge in [0.2, 0.25) is 0 Å². The summed E-state index contributed by atoms with van der Waals surface area (Å²) in [5.41, 5.74) is 2.18. The van der Waals surface area contributed by atoms with E-state index in [1.807, 2.05) is 42.5 Å². The summed E-state index contributed by atoms with van der Waals surface area (Å²) in [5, 5.41) is 3.45. The molecule has 0 radical (unpaired) electrons. The van der Waals surface area contributed by atoms with E-state index >= 15 is 0 Å². The minimum absolute atomic E-state index is 0.413. The van der Waals surface area contributed by atoms with Crippen LogP contribution in [0, 0.1) is 0 Å². The molecule has 4 heteroatoms. The van der Waals surface area contributed by atoms with Gasteiger partial charge in [0.05, 0.1) is 22.7 Å². The Morgan fingerprint density at radius 1 is 1.13 bits per heavy atom. The van der Waals surface area contributed by atoms with Crippen molar-refractivity contribution in [2.45, 2.75) is 36.0 Å². The molecule has 0 bridgehead atoms. The van der Waals surface area contributed by atoms with Crippen LogP contribution in [-0.2, 0) is 21.3 Å². The lowest BCUT2D eigenvalue weighted by Crippen LogP contribution is -2.12. The first kappa shape index (κ1) is 16.2. The van der Waals surface area contributed by atoms with Crippen LogP contribution in [0.4, 0.5) is 5.69 Å². The van der Waals surface area contributed by atoms with Crippen molar-refractivity contribution in [3.63, 3.8) is 0 Å². The van der Waals surface area contributed by atoms with Gasteiger partial charge in [0.1, 0.15) is 0 Å². The molecule has 0 saturated carbocycles. The zero-order valence-electron chi connectivity index (χ0n) is 13.2. The molecule has 0 aliphatic carbocycles. The quantitative estimate of drug-likeness (QED) is 0.835. The van der Waals surface area contributed by atoms with Crippen LogP contribution in [0.3, 0.4) is 0 Å². The SMILES string of the molecule is O=S(Cc1cccc(NCCC2CCCO2)c1)c1ccccc1. The fourth-order valence-corrected chi connectivity index (χ4v) is 3.94. The molecule has 23 heavy (non-hydrogen) atoms. The van der Waals surface area contributed by atoms with Gasteiger partial charge in [0.15, 0.2) is 0 Å². The molecule has 2 aromatic carbocycles. The fourth-order valence-electron chi connectivity index (χ4n) is 2.83. The van der Waals surface area contributed by atoms with Crippen molar-refractivity contribution >= 4 is 16.5 Å². The van der Waals surface area contributed by atoms with Gasteiger partial charge in [0.25, 0.3) is 0 Å². The molecule has 1 aliphatic heterocycles. The van der Waals surface area contributed by atoms with Gasteiger partial charge in [-0.3, -0.25) is 4.21 Å². The topological polar surface area (TPSA) is 38.3 Å². The monoisotopic (exact) mass is 329 g/mol. The molecule has 0 spiro atoms. The molecule has 2 atom stereocenters. The first-order valence-electron chi connectivity index (χ1n) is 8.19. The Kier molecular flexibility index (Phi) is 5.83. The van der Waals surface area contributed by atoms with Crippen molar-refractivity contribution in [3.8, 4) is 0 Å². The third-order valence-corrected chi connectivity index (χ3v) is 5.44. The molecule has 1 saturated heterocycles. The second-order valence-electron chi connectivity index (χ2n) is 5.85. The molecule has 1 fully saturated rings. The normalized spacial score (nSPS) is 18.7. The number of anilines is 1. The third kappa shape index (κ3) is 4.91. The van der Waals surface area contributed by atoms with Gasteiger partial charge in [-0.1, -0.05) is 30.3 Å². The summed E-state index contributed by atoms with van der Waals surface area (Å²) in [7, 11) is -0.998. The van der Waals surface area contributed by atoms with E-state index in [-0.39, 0.29) is 0 Å². The first-order chi connectivity index (χ1) is 11.3. The summed E-state index contributed by atoms with van der Waals surface area (Å²) >= 11 is 0. The van der Waals surface area contributed by atoms with Crippen molar-refractivity contribution in [2.24, 2.45) is 0 Å². The number of nitrogens with one attached hydrogen (secondary N) is 1. The minimum Gasteiger partial charge on any atom is -0.385 e.